The molecule has 8 bridgehead atoms. The quantitative estimate of drug-likeness (QED) is 0.104. The summed E-state index contributed by atoms with van der Waals surface area (Å²) in [7, 11) is 0. The van der Waals surface area contributed by atoms with E-state index in [9.17, 15) is 43.2 Å². The topological polar surface area (TPSA) is 168 Å². The molecule has 1 aromatic heterocycles. The predicted octanol–water partition coefficient (Wildman–Crippen LogP) is 7.38. The molecule has 0 aromatic carbocycles. The molecule has 0 spiro atoms. The Bertz CT molecular complexity index is 2220. The second-order valence-electron chi connectivity index (χ2n) is 13.8. The minimum Gasteiger partial charge on any atom is -0.512 e. The molecule has 4 aliphatic heterocycles. The third kappa shape index (κ3) is 8.73. The number of unbranched alkanes of at least 4 members (excludes halogenated alkanes) is 3. The highest BCUT2D eigenvalue weighted by molar-refractivity contribution is 6.24. The van der Waals surface area contributed by atoms with E-state index < -0.39 is 29.8 Å². The van der Waals surface area contributed by atoms with Crippen LogP contribution in [0.2, 0.25) is 0 Å². The van der Waals surface area contributed by atoms with E-state index in [1.54, 1.807) is 31.2 Å². The van der Waals surface area contributed by atoms with Crippen molar-refractivity contribution in [3.8, 4) is 0 Å². The van der Waals surface area contributed by atoms with E-state index in [-0.39, 0.29) is 54.1 Å². The number of allylic oxidation sites excluding steroid dienone is 9. The molecule has 54 heavy (non-hydrogen) atoms. The van der Waals surface area contributed by atoms with Crippen molar-refractivity contribution in [2.75, 3.05) is 0 Å². The molecular formula is C41H45F3N4O6. The minimum atomic E-state index is -5.01. The first-order valence-corrected chi connectivity index (χ1v) is 18.0. The molecule has 4 aliphatic rings. The molecule has 10 nitrogen and oxygen atoms in total. The van der Waals surface area contributed by atoms with Gasteiger partial charge in [0.15, 0.2) is 6.10 Å². The van der Waals surface area contributed by atoms with Gasteiger partial charge in [-0.25, -0.2) is 15.0 Å². The monoisotopic (exact) mass is 746 g/mol. The molecule has 1 unspecified atom stereocenters. The van der Waals surface area contributed by atoms with Crippen LogP contribution in [0.15, 0.2) is 89.5 Å². The maximum atomic E-state index is 14.2. The molecule has 0 saturated carbocycles. The van der Waals surface area contributed by atoms with Crippen LogP contribution in [0.25, 0.3) is 18.2 Å². The molecule has 0 amide bonds. The third-order valence-corrected chi connectivity index (χ3v) is 10.0. The maximum absolute atomic E-state index is 14.2. The van der Waals surface area contributed by atoms with Crippen LogP contribution in [0.4, 0.5) is 13.2 Å². The van der Waals surface area contributed by atoms with E-state index in [0.29, 0.717) is 56.5 Å². The number of nitrogens with one attached hydrogen (secondary N) is 1. The van der Waals surface area contributed by atoms with Gasteiger partial charge in [0.2, 0.25) is 0 Å². The highest BCUT2D eigenvalue weighted by Crippen LogP contribution is 2.39. The number of aromatic amines is 1. The first-order valence-electron chi connectivity index (χ1n) is 18.0. The lowest BCUT2D eigenvalue weighted by Crippen LogP contribution is -2.31. The molecule has 5 N–H and O–H groups in total. The molecule has 0 radical (unpaired) electrons. The Morgan fingerprint density at radius 1 is 0.759 bits per heavy atom. The van der Waals surface area contributed by atoms with Crippen LogP contribution in [-0.4, -0.2) is 66.8 Å². The third-order valence-electron chi connectivity index (χ3n) is 10.0. The fourth-order valence-electron chi connectivity index (χ4n) is 6.89. The van der Waals surface area contributed by atoms with Gasteiger partial charge in [-0.15, -0.1) is 0 Å². The Morgan fingerprint density at radius 3 is 2.02 bits per heavy atom. The maximum Gasteiger partial charge on any atom is 0.418 e. The van der Waals surface area contributed by atoms with Gasteiger partial charge < -0.3 is 25.4 Å². The molecule has 5 rings (SSSR count). The number of aromatic nitrogens is 1. The zero-order valence-corrected chi connectivity index (χ0v) is 31.0. The van der Waals surface area contributed by atoms with Crippen molar-refractivity contribution < 1.29 is 43.2 Å². The summed E-state index contributed by atoms with van der Waals surface area (Å²) in [5.41, 5.74) is 5.10. The van der Waals surface area contributed by atoms with Crippen LogP contribution >= 0.6 is 0 Å². The van der Waals surface area contributed by atoms with Crippen LogP contribution in [0.3, 0.4) is 0 Å². The summed E-state index contributed by atoms with van der Waals surface area (Å²) in [6, 6.07) is 0. The Labute approximate surface area is 311 Å². The fraction of sp³-hybridized carbons (Fsp3) is 0.390. The molecule has 0 saturated heterocycles. The van der Waals surface area contributed by atoms with Gasteiger partial charge in [0.05, 0.1) is 40.0 Å². The van der Waals surface area contributed by atoms with E-state index >= 15 is 0 Å². The van der Waals surface area contributed by atoms with E-state index in [2.05, 4.69) is 16.9 Å². The Balaban J connectivity index is 1.81. The second-order valence-corrected chi connectivity index (χ2v) is 13.8. The number of halogens is 3. The number of carbonyl (C=O) groups is 2. The number of aliphatic imine (C=N–C) groups is 3. The van der Waals surface area contributed by atoms with Crippen LogP contribution in [0, 0.1) is 6.92 Å². The van der Waals surface area contributed by atoms with Crippen LogP contribution in [0.5, 0.6) is 0 Å². The van der Waals surface area contributed by atoms with Gasteiger partial charge in [-0.3, -0.25) is 9.59 Å². The number of aliphatic hydroxyl groups is 2. The summed E-state index contributed by atoms with van der Waals surface area (Å²) >= 11 is 0. The van der Waals surface area contributed by atoms with Crippen molar-refractivity contribution in [1.82, 2.24) is 4.98 Å². The minimum absolute atomic E-state index is 0.0632. The number of nitrogens with zero attached hydrogens (tertiary/aromatic N) is 3. The van der Waals surface area contributed by atoms with Gasteiger partial charge in [-0.2, -0.15) is 13.2 Å². The van der Waals surface area contributed by atoms with Crippen molar-refractivity contribution >= 4 is 47.3 Å². The Kier molecular flexibility index (Phi) is 12.1. The number of rotatable bonds is 13. The molecule has 0 fully saturated rings. The van der Waals surface area contributed by atoms with Crippen LogP contribution in [-0.2, 0) is 9.59 Å². The zero-order chi connectivity index (χ0) is 39.5. The van der Waals surface area contributed by atoms with E-state index in [1.807, 2.05) is 19.9 Å². The first-order chi connectivity index (χ1) is 25.5. The summed E-state index contributed by atoms with van der Waals surface area (Å²) in [4.78, 5) is 40.9. The standard InChI is InChI=1S/C41H45F3N4O6/c1-6-7-8-9-10-25(49)11-12-26-21(2)29-17-30-22(3)27(13-15-37(50)51)34(46-30)20-35-28(14-16-38(52)53)23(4)31(47-35)19-36-39(40(54)41(42,43)44)24(5)32(48-36)18-33(26)45-29/h11-12,17-20,40,45,49,54H,6-10,13-16H2,1-5H3,(H,50,51)(H,52,53)/b25-11-,26-12+,30-17?,33-18?,35-20?,36-19?. The molecule has 286 valence electrons. The van der Waals surface area contributed by atoms with Gasteiger partial charge >= 0.3 is 18.1 Å². The van der Waals surface area contributed by atoms with Crippen LogP contribution < -0.4 is 10.6 Å². The number of aliphatic hydroxyl groups excluding tert-OH is 2. The van der Waals surface area contributed by atoms with Crippen molar-refractivity contribution in [3.63, 3.8) is 0 Å². The number of hydrogen-bond donors (Lipinski definition) is 5. The van der Waals surface area contributed by atoms with E-state index in [1.165, 1.54) is 13.0 Å². The average Bonchev–Trinajstić information content (AvgIpc) is 3.76. The van der Waals surface area contributed by atoms with Gasteiger partial charge in [-0.1, -0.05) is 26.2 Å². The Morgan fingerprint density at radius 2 is 1.37 bits per heavy atom. The highest BCUT2D eigenvalue weighted by Gasteiger charge is 2.44. The normalized spacial score (nSPS) is 18.4. The fourth-order valence-corrected chi connectivity index (χ4v) is 6.89. The molecule has 13 heteroatoms. The van der Waals surface area contributed by atoms with Gasteiger partial charge in [0, 0.05) is 41.1 Å². The largest absolute Gasteiger partial charge is 0.512 e. The molecule has 1 aromatic rings. The second kappa shape index (κ2) is 16.4. The number of fused-ring (bicyclic) bond motifs is 5. The summed E-state index contributed by atoms with van der Waals surface area (Å²) in [5, 5.41) is 41.5. The number of alkyl halides is 3. The van der Waals surface area contributed by atoms with E-state index in [0.717, 1.165) is 36.8 Å². The molecule has 1 atom stereocenters. The first kappa shape index (κ1) is 39.9. The van der Waals surface area contributed by atoms with Gasteiger partial charge in [0.25, 0.3) is 0 Å². The van der Waals surface area contributed by atoms with Crippen molar-refractivity contribution in [1.29, 1.82) is 0 Å². The number of H-pyrrole nitrogens is 1. The lowest BCUT2D eigenvalue weighted by molar-refractivity contribution is -0.190. The smallest absolute Gasteiger partial charge is 0.418 e. The lowest BCUT2D eigenvalue weighted by Gasteiger charge is -2.17. The number of carboxylic acids is 2. The highest BCUT2D eigenvalue weighted by atomic mass is 19.4. The summed E-state index contributed by atoms with van der Waals surface area (Å²) in [6.45, 7) is 8.96. The van der Waals surface area contributed by atoms with Crippen molar-refractivity contribution in [2.45, 2.75) is 105 Å². The number of carboxylic acid groups (broad SMARTS) is 2. The Hall–Kier alpha value is -5.30. The van der Waals surface area contributed by atoms with E-state index in [4.69, 9.17) is 9.98 Å². The number of hydrogen-bond acceptors (Lipinski definition) is 7. The molecule has 0 aliphatic carbocycles. The SMILES string of the molecule is CCCCCC/C(O)=C/C=c1\c(C)c2[nH]c1=CC1=NC(=CC3=NC(=CC4=NC(=C2)C(C)=C4CCC(=O)O)C(CCC(=O)O)=C3C)C(C(O)C(F)(F)F)=C1C. The van der Waals surface area contributed by atoms with Crippen LogP contribution in [0.1, 0.15) is 96.7 Å². The summed E-state index contributed by atoms with van der Waals surface area (Å²) in [5.74, 6) is -1.86. The lowest BCUT2D eigenvalue weighted by atomic mass is 9.96. The van der Waals surface area contributed by atoms with Crippen molar-refractivity contribution in [2.24, 2.45) is 15.0 Å². The number of aliphatic carboxylic acids is 2. The van der Waals surface area contributed by atoms with Crippen molar-refractivity contribution in [3.05, 3.63) is 96.3 Å². The summed E-state index contributed by atoms with van der Waals surface area (Å²) in [6.07, 6.45) is 6.14. The zero-order valence-electron chi connectivity index (χ0n) is 31.0. The average molecular weight is 747 g/mol. The molecular weight excluding hydrogens is 701 g/mol. The van der Waals surface area contributed by atoms with Gasteiger partial charge in [-0.05, 0) is 117 Å². The van der Waals surface area contributed by atoms with Gasteiger partial charge in [0.1, 0.15) is 0 Å². The molecule has 5 heterocycles. The summed E-state index contributed by atoms with van der Waals surface area (Å²) < 4.78 is 42.5. The predicted molar refractivity (Wildman–Crippen MR) is 204 cm³/mol.